The van der Waals surface area contributed by atoms with Crippen LogP contribution in [0.4, 0.5) is 5.82 Å². The van der Waals surface area contributed by atoms with Crippen molar-refractivity contribution >= 4 is 5.82 Å². The molecule has 5 heteroatoms. The van der Waals surface area contributed by atoms with Crippen molar-refractivity contribution in [3.05, 3.63) is 23.9 Å². The Kier molecular flexibility index (Phi) is 3.91. The van der Waals surface area contributed by atoms with E-state index < -0.39 is 0 Å². The summed E-state index contributed by atoms with van der Waals surface area (Å²) in [5, 5.41) is 11.8. The van der Waals surface area contributed by atoms with E-state index in [2.05, 4.69) is 21.3 Å². The first-order valence-electron chi connectivity index (χ1n) is 5.69. The van der Waals surface area contributed by atoms with Crippen LogP contribution in [0.5, 0.6) is 0 Å². The fourth-order valence-electron chi connectivity index (χ4n) is 1.86. The van der Waals surface area contributed by atoms with Gasteiger partial charge >= 0.3 is 0 Å². The molecule has 90 valence electrons. The minimum atomic E-state index is -0.309. The van der Waals surface area contributed by atoms with Gasteiger partial charge in [-0.05, 0) is 12.1 Å². The molecular formula is C12H16N4O. The lowest BCUT2D eigenvalue weighted by molar-refractivity contribution is -0.00310. The fourth-order valence-corrected chi connectivity index (χ4v) is 1.86. The van der Waals surface area contributed by atoms with Crippen molar-refractivity contribution in [2.45, 2.75) is 12.6 Å². The molecule has 0 radical (unpaired) electrons. The van der Waals surface area contributed by atoms with Crippen LogP contribution in [0.25, 0.3) is 0 Å². The highest BCUT2D eigenvalue weighted by molar-refractivity contribution is 5.34. The number of nitriles is 1. The van der Waals surface area contributed by atoms with Crippen molar-refractivity contribution in [1.82, 2.24) is 9.88 Å². The zero-order valence-electron chi connectivity index (χ0n) is 9.89. The molecule has 17 heavy (non-hydrogen) atoms. The number of nitrogens with zero attached hydrogens (tertiary/aromatic N) is 3. The van der Waals surface area contributed by atoms with Crippen LogP contribution in [0.1, 0.15) is 5.69 Å². The third-order valence-electron chi connectivity index (χ3n) is 2.74. The number of hydrogen-bond acceptors (Lipinski definition) is 5. The van der Waals surface area contributed by atoms with Crippen LogP contribution >= 0.6 is 0 Å². The maximum absolute atomic E-state index is 8.83. The quantitative estimate of drug-likeness (QED) is 0.837. The monoisotopic (exact) mass is 232 g/mol. The van der Waals surface area contributed by atoms with Crippen molar-refractivity contribution in [1.29, 1.82) is 5.26 Å². The van der Waals surface area contributed by atoms with Crippen molar-refractivity contribution in [2.24, 2.45) is 0 Å². The molecule has 1 unspecified atom stereocenters. The van der Waals surface area contributed by atoms with Crippen LogP contribution in [0.3, 0.4) is 0 Å². The second kappa shape index (κ2) is 5.62. The van der Waals surface area contributed by atoms with Gasteiger partial charge in [0.1, 0.15) is 5.82 Å². The molecule has 1 fully saturated rings. The normalized spacial score (nSPS) is 20.8. The number of aromatic nitrogens is 1. The van der Waals surface area contributed by atoms with E-state index >= 15 is 0 Å². The smallest absolute Gasteiger partial charge is 0.156 e. The first-order valence-corrected chi connectivity index (χ1v) is 5.69. The Hall–Kier alpha value is -1.64. The van der Waals surface area contributed by atoms with E-state index in [1.165, 1.54) is 0 Å². The molecular weight excluding hydrogens is 216 g/mol. The van der Waals surface area contributed by atoms with Crippen LogP contribution in [-0.2, 0) is 11.3 Å². The molecule has 2 rings (SSSR count). The summed E-state index contributed by atoms with van der Waals surface area (Å²) < 4.78 is 5.30. The van der Waals surface area contributed by atoms with Gasteiger partial charge in [0, 0.05) is 26.7 Å². The molecule has 1 atom stereocenters. The molecule has 0 aliphatic carbocycles. The zero-order chi connectivity index (χ0) is 12.1. The van der Waals surface area contributed by atoms with E-state index in [0.717, 1.165) is 24.6 Å². The summed E-state index contributed by atoms with van der Waals surface area (Å²) in [7, 11) is 1.85. The molecule has 1 saturated heterocycles. The van der Waals surface area contributed by atoms with Gasteiger partial charge in [0.15, 0.2) is 6.10 Å². The third kappa shape index (κ3) is 3.16. The lowest BCUT2D eigenvalue weighted by Gasteiger charge is -2.29. The number of anilines is 1. The summed E-state index contributed by atoms with van der Waals surface area (Å²) >= 11 is 0. The van der Waals surface area contributed by atoms with Gasteiger partial charge in [-0.3, -0.25) is 4.90 Å². The Morgan fingerprint density at radius 3 is 3.29 bits per heavy atom. The van der Waals surface area contributed by atoms with Gasteiger partial charge in [-0.15, -0.1) is 0 Å². The minimum Gasteiger partial charge on any atom is -0.373 e. The summed E-state index contributed by atoms with van der Waals surface area (Å²) in [4.78, 5) is 6.65. The Morgan fingerprint density at radius 2 is 2.53 bits per heavy atom. The molecule has 2 heterocycles. The van der Waals surface area contributed by atoms with E-state index in [1.54, 1.807) is 0 Å². The van der Waals surface area contributed by atoms with E-state index in [4.69, 9.17) is 10.00 Å². The van der Waals surface area contributed by atoms with Crippen LogP contribution in [0.2, 0.25) is 0 Å². The highest BCUT2D eigenvalue weighted by Crippen LogP contribution is 2.10. The van der Waals surface area contributed by atoms with Crippen molar-refractivity contribution in [2.75, 3.05) is 32.1 Å². The zero-order valence-corrected chi connectivity index (χ0v) is 9.89. The molecule has 0 aromatic carbocycles. The van der Waals surface area contributed by atoms with Gasteiger partial charge in [-0.1, -0.05) is 6.07 Å². The molecule has 1 N–H and O–H groups in total. The molecule has 5 nitrogen and oxygen atoms in total. The van der Waals surface area contributed by atoms with Gasteiger partial charge in [-0.25, -0.2) is 4.98 Å². The summed E-state index contributed by atoms with van der Waals surface area (Å²) in [5.41, 5.74) is 1.01. The van der Waals surface area contributed by atoms with Gasteiger partial charge in [0.2, 0.25) is 0 Å². The van der Waals surface area contributed by atoms with Gasteiger partial charge in [0.05, 0.1) is 18.4 Å². The van der Waals surface area contributed by atoms with E-state index in [0.29, 0.717) is 13.2 Å². The highest BCUT2D eigenvalue weighted by Gasteiger charge is 2.20. The Balaban J connectivity index is 1.98. The largest absolute Gasteiger partial charge is 0.373 e. The summed E-state index contributed by atoms with van der Waals surface area (Å²) in [5.74, 6) is 0.868. The number of pyridine rings is 1. The molecule has 0 amide bonds. The van der Waals surface area contributed by atoms with Crippen molar-refractivity contribution < 1.29 is 4.74 Å². The topological polar surface area (TPSA) is 61.2 Å². The lowest BCUT2D eigenvalue weighted by Crippen LogP contribution is -2.41. The maximum atomic E-state index is 8.83. The van der Waals surface area contributed by atoms with Crippen molar-refractivity contribution in [3.8, 4) is 6.07 Å². The van der Waals surface area contributed by atoms with Crippen molar-refractivity contribution in [3.63, 3.8) is 0 Å². The second-order valence-corrected chi connectivity index (χ2v) is 3.99. The molecule has 1 aromatic heterocycles. The molecule has 0 bridgehead atoms. The molecule has 0 spiro atoms. The fraction of sp³-hybridized carbons (Fsp3) is 0.500. The Labute approximate surface area is 101 Å². The Bertz CT molecular complexity index is 415. The van der Waals surface area contributed by atoms with Gasteiger partial charge in [0.25, 0.3) is 0 Å². The first kappa shape index (κ1) is 11.8. The molecule has 1 aliphatic heterocycles. The third-order valence-corrected chi connectivity index (χ3v) is 2.74. The second-order valence-electron chi connectivity index (χ2n) is 3.99. The summed E-state index contributed by atoms with van der Waals surface area (Å²) in [6.45, 7) is 2.88. The van der Waals surface area contributed by atoms with Gasteiger partial charge in [-0.2, -0.15) is 5.26 Å². The van der Waals surface area contributed by atoms with E-state index in [9.17, 15) is 0 Å². The summed E-state index contributed by atoms with van der Waals surface area (Å²) in [6.07, 6.45) is -0.309. The predicted molar refractivity (Wildman–Crippen MR) is 64.4 cm³/mol. The van der Waals surface area contributed by atoms with E-state index in [1.807, 2.05) is 25.2 Å². The van der Waals surface area contributed by atoms with Crippen LogP contribution in [0.15, 0.2) is 18.2 Å². The minimum absolute atomic E-state index is 0.309. The average Bonchev–Trinajstić information content (AvgIpc) is 2.39. The summed E-state index contributed by atoms with van der Waals surface area (Å²) in [6, 6.07) is 8.06. The van der Waals surface area contributed by atoms with E-state index in [-0.39, 0.29) is 6.10 Å². The number of ether oxygens (including phenoxy) is 1. The lowest BCUT2D eigenvalue weighted by atomic mass is 10.2. The Morgan fingerprint density at radius 1 is 1.65 bits per heavy atom. The molecule has 1 aromatic rings. The van der Waals surface area contributed by atoms with Crippen LogP contribution in [0, 0.1) is 11.3 Å². The number of rotatable bonds is 3. The molecule has 1 aliphatic rings. The first-order chi connectivity index (χ1) is 8.31. The molecule has 0 saturated carbocycles. The maximum Gasteiger partial charge on any atom is 0.156 e. The van der Waals surface area contributed by atoms with Crippen LogP contribution < -0.4 is 5.32 Å². The SMILES string of the molecule is CNc1cccc(CN2CCOC(C#N)C2)n1. The predicted octanol–water partition coefficient (Wildman–Crippen LogP) is 0.848. The van der Waals surface area contributed by atoms with Gasteiger partial charge < -0.3 is 10.1 Å². The standard InChI is InChI=1S/C12H16N4O/c1-14-12-4-2-3-10(15-12)8-16-5-6-17-11(7-13)9-16/h2-4,11H,5-6,8-9H2,1H3,(H,14,15). The number of morpholine rings is 1. The average molecular weight is 232 g/mol. The number of nitrogens with one attached hydrogen (secondary N) is 1. The highest BCUT2D eigenvalue weighted by atomic mass is 16.5. The van der Waals surface area contributed by atoms with Crippen LogP contribution in [-0.4, -0.2) is 42.7 Å². The number of hydrogen-bond donors (Lipinski definition) is 1.